The lowest BCUT2D eigenvalue weighted by molar-refractivity contribution is -0.297. The smallest absolute Gasteiger partial charge is 0.306 e. The van der Waals surface area contributed by atoms with E-state index in [4.69, 9.17) is 18.9 Å². The summed E-state index contributed by atoms with van der Waals surface area (Å²) >= 11 is 0. The molecule has 0 aromatic heterocycles. The molecule has 0 bridgehead atoms. The maximum absolute atomic E-state index is 12.8. The molecule has 12 nitrogen and oxygen atoms in total. The summed E-state index contributed by atoms with van der Waals surface area (Å²) in [7, 11) is -4.60. The summed E-state index contributed by atoms with van der Waals surface area (Å²) in [5.41, 5.74) is 0. The van der Waals surface area contributed by atoms with Crippen molar-refractivity contribution in [2.75, 3.05) is 19.0 Å². The average molecular weight is 791 g/mol. The van der Waals surface area contributed by atoms with Gasteiger partial charge in [-0.05, 0) is 44.9 Å². The van der Waals surface area contributed by atoms with Crippen LogP contribution in [0.2, 0.25) is 0 Å². The second-order valence-corrected chi connectivity index (χ2v) is 16.2. The number of esters is 2. The Morgan fingerprint density at radius 1 is 0.630 bits per heavy atom. The molecule has 0 aromatic carbocycles. The molecule has 1 fully saturated rings. The summed E-state index contributed by atoms with van der Waals surface area (Å²) in [5, 5.41) is 30.8. The van der Waals surface area contributed by atoms with Crippen LogP contribution in [0.4, 0.5) is 0 Å². The molecule has 316 valence electrons. The number of ether oxygens (including phenoxy) is 4. The molecule has 1 rings (SSSR count). The molecule has 1 heterocycles. The molecule has 13 heteroatoms. The SMILES string of the molecule is CCCCC/C=C\C/C=C\CCCCCCCCCC(=O)OC(COC(=O)CCCCCCCCCCC)COC1OC(CS(=O)(=O)O)C(O)C(O)C1O. The highest BCUT2D eigenvalue weighted by molar-refractivity contribution is 7.85. The molecule has 1 aliphatic rings. The highest BCUT2D eigenvalue weighted by Crippen LogP contribution is 2.24. The van der Waals surface area contributed by atoms with Crippen molar-refractivity contribution in [3.05, 3.63) is 24.3 Å². The minimum absolute atomic E-state index is 0.157. The van der Waals surface area contributed by atoms with Gasteiger partial charge in [0, 0.05) is 12.8 Å². The Kier molecular flexibility index (Phi) is 29.9. The lowest BCUT2D eigenvalue weighted by Gasteiger charge is -2.40. The second-order valence-electron chi connectivity index (χ2n) is 14.7. The molecule has 4 N–H and O–H groups in total. The zero-order valence-corrected chi connectivity index (χ0v) is 34.1. The molecule has 6 unspecified atom stereocenters. The maximum atomic E-state index is 12.8. The Morgan fingerprint density at radius 3 is 1.67 bits per heavy atom. The fourth-order valence-electron chi connectivity index (χ4n) is 6.24. The van der Waals surface area contributed by atoms with Crippen molar-refractivity contribution < 1.29 is 56.8 Å². The monoisotopic (exact) mass is 790 g/mol. The van der Waals surface area contributed by atoms with E-state index < -0.39 is 71.2 Å². The number of hydrogen-bond acceptors (Lipinski definition) is 11. The first-order valence-electron chi connectivity index (χ1n) is 20.9. The van der Waals surface area contributed by atoms with E-state index in [9.17, 15) is 37.9 Å². The summed E-state index contributed by atoms with van der Waals surface area (Å²) < 4.78 is 53.8. The van der Waals surface area contributed by atoms with Crippen molar-refractivity contribution in [1.82, 2.24) is 0 Å². The highest BCUT2D eigenvalue weighted by atomic mass is 32.2. The largest absolute Gasteiger partial charge is 0.462 e. The Bertz CT molecular complexity index is 1110. The van der Waals surface area contributed by atoms with E-state index >= 15 is 0 Å². The topological polar surface area (TPSA) is 186 Å². The minimum atomic E-state index is -4.60. The molecule has 0 amide bonds. The van der Waals surface area contributed by atoms with Crippen LogP contribution in [0.15, 0.2) is 24.3 Å². The Labute approximate surface area is 326 Å². The van der Waals surface area contributed by atoms with Crippen LogP contribution < -0.4 is 0 Å². The maximum Gasteiger partial charge on any atom is 0.306 e. The van der Waals surface area contributed by atoms with Crippen LogP contribution >= 0.6 is 0 Å². The predicted octanol–water partition coefficient (Wildman–Crippen LogP) is 7.67. The molecule has 1 aliphatic heterocycles. The zero-order valence-electron chi connectivity index (χ0n) is 33.3. The first-order chi connectivity index (χ1) is 26.0. The fraction of sp³-hybridized carbons (Fsp3) is 0.854. The molecule has 0 radical (unpaired) electrons. The Morgan fingerprint density at radius 2 is 1.11 bits per heavy atom. The van der Waals surface area contributed by atoms with Crippen LogP contribution in [0.1, 0.15) is 168 Å². The lowest BCUT2D eigenvalue weighted by Crippen LogP contribution is -2.60. The van der Waals surface area contributed by atoms with Gasteiger partial charge in [-0.2, -0.15) is 8.42 Å². The van der Waals surface area contributed by atoms with Gasteiger partial charge in [-0.1, -0.05) is 134 Å². The summed E-state index contributed by atoms with van der Waals surface area (Å²) in [5.74, 6) is -1.99. The molecule has 0 aliphatic carbocycles. The third-order valence-corrected chi connectivity index (χ3v) is 10.3. The van der Waals surface area contributed by atoms with Gasteiger partial charge in [-0.25, -0.2) is 0 Å². The van der Waals surface area contributed by atoms with E-state index in [1.165, 1.54) is 70.6 Å². The molecule has 0 aromatic rings. The van der Waals surface area contributed by atoms with Crippen LogP contribution in [0.5, 0.6) is 0 Å². The third-order valence-electron chi connectivity index (χ3n) is 9.53. The van der Waals surface area contributed by atoms with E-state index in [2.05, 4.69) is 38.2 Å². The molecule has 54 heavy (non-hydrogen) atoms. The van der Waals surface area contributed by atoms with Crippen molar-refractivity contribution in [3.8, 4) is 0 Å². The molecular formula is C41H74O12S. The molecular weight excluding hydrogens is 717 g/mol. The quantitative estimate of drug-likeness (QED) is 0.0216. The van der Waals surface area contributed by atoms with E-state index in [1.54, 1.807) is 0 Å². The van der Waals surface area contributed by atoms with Crippen LogP contribution in [-0.4, -0.2) is 96.0 Å². The Balaban J connectivity index is 2.47. The van der Waals surface area contributed by atoms with Crippen molar-refractivity contribution in [2.24, 2.45) is 0 Å². The van der Waals surface area contributed by atoms with Crippen LogP contribution in [-0.2, 0) is 38.7 Å². The predicted molar refractivity (Wildman–Crippen MR) is 210 cm³/mol. The molecule has 0 saturated carbocycles. The van der Waals surface area contributed by atoms with E-state index in [0.29, 0.717) is 12.8 Å². The van der Waals surface area contributed by atoms with Crippen molar-refractivity contribution >= 4 is 22.1 Å². The summed E-state index contributed by atoms with van der Waals surface area (Å²) in [6.07, 6.45) is 23.8. The van der Waals surface area contributed by atoms with Crippen LogP contribution in [0.3, 0.4) is 0 Å². The molecule has 1 saturated heterocycles. The summed E-state index contributed by atoms with van der Waals surface area (Å²) in [4.78, 5) is 25.2. The number of carbonyl (C=O) groups excluding carboxylic acids is 2. The van der Waals surface area contributed by atoms with Gasteiger partial charge in [-0.3, -0.25) is 14.1 Å². The van der Waals surface area contributed by atoms with Gasteiger partial charge < -0.3 is 34.3 Å². The van der Waals surface area contributed by atoms with E-state index in [0.717, 1.165) is 57.8 Å². The highest BCUT2D eigenvalue weighted by Gasteiger charge is 2.46. The summed E-state index contributed by atoms with van der Waals surface area (Å²) in [6, 6.07) is 0. The second kappa shape index (κ2) is 32.2. The van der Waals surface area contributed by atoms with E-state index in [-0.39, 0.29) is 19.4 Å². The number of unbranched alkanes of at least 4 members (excludes halogenated alkanes) is 18. The van der Waals surface area contributed by atoms with Gasteiger partial charge in [0.2, 0.25) is 0 Å². The normalized spacial score (nSPS) is 21.2. The van der Waals surface area contributed by atoms with Crippen molar-refractivity contribution in [1.29, 1.82) is 0 Å². The molecule has 0 spiro atoms. The van der Waals surface area contributed by atoms with Crippen molar-refractivity contribution in [3.63, 3.8) is 0 Å². The van der Waals surface area contributed by atoms with Gasteiger partial charge >= 0.3 is 11.9 Å². The van der Waals surface area contributed by atoms with Crippen LogP contribution in [0, 0.1) is 0 Å². The van der Waals surface area contributed by atoms with Gasteiger partial charge in [0.05, 0.1) is 6.61 Å². The first kappa shape index (κ1) is 50.1. The van der Waals surface area contributed by atoms with Gasteiger partial charge in [-0.15, -0.1) is 0 Å². The zero-order chi connectivity index (χ0) is 39.9. The number of rotatable bonds is 34. The number of aliphatic hydroxyl groups excluding tert-OH is 3. The van der Waals surface area contributed by atoms with Crippen molar-refractivity contribution in [2.45, 2.75) is 205 Å². The standard InChI is InChI=1S/C41H74O12S/c1-3-5-7-9-11-13-14-15-16-17-18-19-20-22-24-26-28-30-37(43)52-34(31-50-36(42)29-27-25-23-21-12-10-8-6-4-2)32-51-41-40(46)39(45)38(44)35(53-41)33-54(47,48)49/h11,13,15-16,34-35,38-41,44-46H,3-10,12,14,17-33H2,1-2H3,(H,47,48,49)/b13-11-,16-15-. The molecule has 6 atom stereocenters. The fourth-order valence-corrected chi connectivity index (χ4v) is 6.93. The first-order valence-corrected chi connectivity index (χ1v) is 22.5. The number of allylic oxidation sites excluding steroid dienone is 4. The van der Waals surface area contributed by atoms with Gasteiger partial charge in [0.25, 0.3) is 10.1 Å². The average Bonchev–Trinajstić information content (AvgIpc) is 3.13. The Hall–Kier alpha value is -1.87. The van der Waals surface area contributed by atoms with Gasteiger partial charge in [0.1, 0.15) is 36.8 Å². The number of hydrogen-bond donors (Lipinski definition) is 4. The summed E-state index contributed by atoms with van der Waals surface area (Å²) in [6.45, 7) is 3.69. The minimum Gasteiger partial charge on any atom is -0.462 e. The van der Waals surface area contributed by atoms with Crippen LogP contribution in [0.25, 0.3) is 0 Å². The van der Waals surface area contributed by atoms with Gasteiger partial charge in [0.15, 0.2) is 12.4 Å². The van der Waals surface area contributed by atoms with E-state index in [1.807, 2.05) is 0 Å². The lowest BCUT2D eigenvalue weighted by atomic mass is 10.00. The third kappa shape index (κ3) is 26.9. The number of aliphatic hydroxyl groups is 3. The number of carbonyl (C=O) groups is 2.